The van der Waals surface area contributed by atoms with E-state index in [0.717, 1.165) is 0 Å². The van der Waals surface area contributed by atoms with Gasteiger partial charge in [0.25, 0.3) is 0 Å². The Morgan fingerprint density at radius 1 is 0.759 bits per heavy atom. The molecule has 3 aromatic rings. The quantitative estimate of drug-likeness (QED) is 0.307. The summed E-state index contributed by atoms with van der Waals surface area (Å²) in [6.45, 7) is 0. The summed E-state index contributed by atoms with van der Waals surface area (Å²) in [5.41, 5.74) is -0.827. The third-order valence-corrected chi connectivity index (χ3v) is 5.67. The summed E-state index contributed by atoms with van der Waals surface area (Å²) in [5, 5.41) is 40.6. The second kappa shape index (κ2) is 5.62. The van der Waals surface area contributed by atoms with E-state index >= 15 is 0 Å². The van der Waals surface area contributed by atoms with Crippen molar-refractivity contribution < 1.29 is 34.7 Å². The van der Waals surface area contributed by atoms with Gasteiger partial charge in [0.2, 0.25) is 11.5 Å². The van der Waals surface area contributed by atoms with Crippen LogP contribution in [0.25, 0.3) is 0 Å². The second-order valence-electron chi connectivity index (χ2n) is 6.58. The highest BCUT2D eigenvalue weighted by Gasteiger charge is 2.55. The number of fused-ring (bicyclic) bond motifs is 6. The molecule has 0 unspecified atom stereocenters. The number of ether oxygens (including phenoxy) is 2. The number of aromatic hydroxyl groups is 4. The summed E-state index contributed by atoms with van der Waals surface area (Å²) >= 11 is 12.1. The lowest BCUT2D eigenvalue weighted by molar-refractivity contribution is 0.0220. The average Bonchev–Trinajstić information content (AvgIpc) is 3.00. The van der Waals surface area contributed by atoms with Crippen LogP contribution in [0.1, 0.15) is 27.0 Å². The third kappa shape index (κ3) is 2.06. The highest BCUT2D eigenvalue weighted by atomic mass is 35.5. The third-order valence-electron chi connectivity index (χ3n) is 5.10. The minimum atomic E-state index is -1.69. The summed E-state index contributed by atoms with van der Waals surface area (Å²) in [6.07, 6.45) is 0. The van der Waals surface area contributed by atoms with Crippen molar-refractivity contribution in [2.45, 2.75) is 5.60 Å². The zero-order chi connectivity index (χ0) is 20.7. The van der Waals surface area contributed by atoms with Crippen LogP contribution in [0.4, 0.5) is 0 Å². The van der Waals surface area contributed by atoms with Crippen molar-refractivity contribution in [2.24, 2.45) is 0 Å². The number of phenols is 4. The Balaban J connectivity index is 1.99. The van der Waals surface area contributed by atoms with E-state index in [1.165, 1.54) is 12.1 Å². The van der Waals surface area contributed by atoms with Gasteiger partial charge in [0.15, 0.2) is 28.6 Å². The number of esters is 1. The summed E-state index contributed by atoms with van der Waals surface area (Å²) in [6, 6.07) is 9.12. The average molecular weight is 433 g/mol. The Hall–Kier alpha value is -3.29. The number of rotatable bonds is 0. The van der Waals surface area contributed by atoms with Gasteiger partial charge in [-0.2, -0.15) is 0 Å². The smallest absolute Gasteiger partial charge is 0.340 e. The van der Waals surface area contributed by atoms with Crippen LogP contribution in [-0.2, 0) is 10.3 Å². The Bertz CT molecular complexity index is 1190. The van der Waals surface area contributed by atoms with E-state index in [9.17, 15) is 25.2 Å². The van der Waals surface area contributed by atoms with E-state index in [4.69, 9.17) is 32.7 Å². The van der Waals surface area contributed by atoms with Gasteiger partial charge in [-0.3, -0.25) is 0 Å². The molecule has 0 amide bonds. The van der Waals surface area contributed by atoms with Crippen LogP contribution < -0.4 is 4.74 Å². The molecule has 0 bridgehead atoms. The van der Waals surface area contributed by atoms with Gasteiger partial charge in [-0.25, -0.2) is 4.79 Å². The number of halogens is 2. The Kier molecular flexibility index (Phi) is 3.45. The molecule has 5 rings (SSSR count). The summed E-state index contributed by atoms with van der Waals surface area (Å²) in [5.74, 6) is -3.98. The van der Waals surface area contributed by atoms with Crippen molar-refractivity contribution in [1.82, 2.24) is 0 Å². The summed E-state index contributed by atoms with van der Waals surface area (Å²) in [4.78, 5) is 12.7. The lowest BCUT2D eigenvalue weighted by atomic mass is 9.77. The van der Waals surface area contributed by atoms with Crippen molar-refractivity contribution in [1.29, 1.82) is 0 Å². The first-order chi connectivity index (χ1) is 13.8. The second-order valence-corrected chi connectivity index (χ2v) is 7.40. The van der Waals surface area contributed by atoms with Crippen LogP contribution >= 0.6 is 23.2 Å². The van der Waals surface area contributed by atoms with Gasteiger partial charge in [0.05, 0.1) is 26.7 Å². The van der Waals surface area contributed by atoms with Gasteiger partial charge in [-0.15, -0.1) is 0 Å². The standard InChI is InChI=1S/C20H10Cl2O7/c21-11-5-9-17(15(25)13(11)23)28-18-10(6-12(22)14(24)16(18)26)20(9)8-4-2-1-3-7(8)19(27)29-20/h1-6,23-26H. The van der Waals surface area contributed by atoms with E-state index in [1.54, 1.807) is 24.3 Å². The minimum absolute atomic E-state index is 0.116. The number of hydrogen-bond donors (Lipinski definition) is 4. The maximum absolute atomic E-state index is 12.7. The van der Waals surface area contributed by atoms with Gasteiger partial charge in [-0.05, 0) is 18.2 Å². The molecular weight excluding hydrogens is 423 g/mol. The SMILES string of the molecule is O=C1OC2(c3ccccc31)c1cc(Cl)c(O)c(O)c1Oc1c2cc(Cl)c(O)c1O. The number of carbonyl (C=O) groups excluding carboxylic acids is 1. The van der Waals surface area contributed by atoms with Gasteiger partial charge in [0, 0.05) is 5.56 Å². The van der Waals surface area contributed by atoms with Gasteiger partial charge < -0.3 is 29.9 Å². The molecule has 2 aliphatic rings. The molecule has 0 saturated carbocycles. The fourth-order valence-electron chi connectivity index (χ4n) is 3.81. The first-order valence-electron chi connectivity index (χ1n) is 8.28. The number of benzene rings is 3. The molecule has 3 aromatic carbocycles. The monoisotopic (exact) mass is 432 g/mol. The highest BCUT2D eigenvalue weighted by molar-refractivity contribution is 6.33. The number of hydrogen-bond acceptors (Lipinski definition) is 7. The molecular formula is C20H10Cl2O7. The molecule has 0 fully saturated rings. The molecule has 29 heavy (non-hydrogen) atoms. The number of carbonyl (C=O) groups is 1. The first-order valence-corrected chi connectivity index (χ1v) is 9.03. The fraction of sp³-hybridized carbons (Fsp3) is 0.0500. The molecule has 2 aliphatic heterocycles. The zero-order valence-electron chi connectivity index (χ0n) is 14.2. The molecule has 0 aromatic heterocycles. The fourth-order valence-corrected chi connectivity index (χ4v) is 4.21. The van der Waals surface area contributed by atoms with Gasteiger partial charge in [0.1, 0.15) is 0 Å². The largest absolute Gasteiger partial charge is 0.503 e. The van der Waals surface area contributed by atoms with Crippen LogP contribution in [-0.4, -0.2) is 26.4 Å². The Morgan fingerprint density at radius 3 is 1.83 bits per heavy atom. The molecule has 4 N–H and O–H groups in total. The van der Waals surface area contributed by atoms with Crippen molar-refractivity contribution in [3.05, 3.63) is 68.7 Å². The van der Waals surface area contributed by atoms with Gasteiger partial charge in [-0.1, -0.05) is 41.4 Å². The maximum Gasteiger partial charge on any atom is 0.340 e. The van der Waals surface area contributed by atoms with Crippen molar-refractivity contribution in [2.75, 3.05) is 0 Å². The Labute approximate surface area is 172 Å². The molecule has 146 valence electrons. The van der Waals surface area contributed by atoms with Crippen LogP contribution in [0.5, 0.6) is 34.5 Å². The summed E-state index contributed by atoms with van der Waals surface area (Å²) < 4.78 is 11.4. The van der Waals surface area contributed by atoms with Crippen LogP contribution in [0.15, 0.2) is 36.4 Å². The Morgan fingerprint density at radius 2 is 1.28 bits per heavy atom. The zero-order valence-corrected chi connectivity index (χ0v) is 15.7. The lowest BCUT2D eigenvalue weighted by Crippen LogP contribution is -2.33. The topological polar surface area (TPSA) is 116 Å². The molecule has 0 aliphatic carbocycles. The van der Waals surface area contributed by atoms with E-state index in [0.29, 0.717) is 5.56 Å². The van der Waals surface area contributed by atoms with Crippen molar-refractivity contribution in [3.63, 3.8) is 0 Å². The highest BCUT2D eigenvalue weighted by Crippen LogP contribution is 2.63. The molecule has 0 saturated heterocycles. The predicted octanol–water partition coefficient (Wildman–Crippen LogP) is 4.38. The van der Waals surface area contributed by atoms with Crippen LogP contribution in [0.3, 0.4) is 0 Å². The lowest BCUT2D eigenvalue weighted by Gasteiger charge is -2.37. The predicted molar refractivity (Wildman–Crippen MR) is 101 cm³/mol. The normalized spacial score (nSPS) is 15.3. The summed E-state index contributed by atoms with van der Waals surface area (Å²) in [7, 11) is 0. The van der Waals surface area contributed by atoms with E-state index in [-0.39, 0.29) is 38.2 Å². The van der Waals surface area contributed by atoms with E-state index in [1.807, 2.05) is 0 Å². The minimum Gasteiger partial charge on any atom is -0.503 e. The molecule has 0 atom stereocenters. The van der Waals surface area contributed by atoms with Crippen LogP contribution in [0, 0.1) is 0 Å². The molecule has 2 heterocycles. The van der Waals surface area contributed by atoms with Crippen molar-refractivity contribution >= 4 is 29.2 Å². The number of phenolic OH excluding ortho intramolecular Hbond substituents is 4. The molecule has 7 nitrogen and oxygen atoms in total. The van der Waals surface area contributed by atoms with Crippen LogP contribution in [0.2, 0.25) is 10.0 Å². The van der Waals surface area contributed by atoms with Crippen molar-refractivity contribution in [3.8, 4) is 34.5 Å². The molecule has 1 spiro atoms. The van der Waals surface area contributed by atoms with E-state index < -0.39 is 34.6 Å². The molecule has 9 heteroatoms. The van der Waals surface area contributed by atoms with Gasteiger partial charge >= 0.3 is 5.97 Å². The maximum atomic E-state index is 12.7. The molecule has 0 radical (unpaired) electrons. The first kappa shape index (κ1) is 17.8. The van der Waals surface area contributed by atoms with E-state index in [2.05, 4.69) is 0 Å².